The molecule has 1 aromatic carbocycles. The number of hydrogen-bond acceptors (Lipinski definition) is 3. The molecule has 1 heterocycles. The number of aryl methyl sites for hydroxylation is 1. The molecule has 1 saturated heterocycles. The summed E-state index contributed by atoms with van der Waals surface area (Å²) in [6, 6.07) is 8.19. The second kappa shape index (κ2) is 6.92. The number of carboxylic acid groups (broad SMARTS) is 1. The number of carboxylic acids is 1. The SMILES string of the molecule is CC(C)c1ccc(CCC(=O)NC2(C(=O)O)CCOC2)cc1. The molecule has 0 aromatic heterocycles. The van der Waals surface area contributed by atoms with Gasteiger partial charge >= 0.3 is 5.97 Å². The quantitative estimate of drug-likeness (QED) is 0.844. The van der Waals surface area contributed by atoms with Crippen LogP contribution in [0.1, 0.15) is 43.7 Å². The van der Waals surface area contributed by atoms with E-state index in [2.05, 4.69) is 31.3 Å². The van der Waals surface area contributed by atoms with E-state index in [4.69, 9.17) is 4.74 Å². The zero-order valence-electron chi connectivity index (χ0n) is 13.1. The van der Waals surface area contributed by atoms with E-state index in [9.17, 15) is 14.7 Å². The van der Waals surface area contributed by atoms with E-state index in [1.165, 1.54) is 5.56 Å². The van der Waals surface area contributed by atoms with Gasteiger partial charge in [0.15, 0.2) is 5.54 Å². The Morgan fingerprint density at radius 2 is 2.00 bits per heavy atom. The van der Waals surface area contributed by atoms with Crippen LogP contribution in [0.25, 0.3) is 0 Å². The number of hydrogen-bond donors (Lipinski definition) is 2. The lowest BCUT2D eigenvalue weighted by Gasteiger charge is -2.23. The van der Waals surface area contributed by atoms with Gasteiger partial charge in [-0.3, -0.25) is 4.79 Å². The van der Waals surface area contributed by atoms with Crippen molar-refractivity contribution in [2.24, 2.45) is 0 Å². The van der Waals surface area contributed by atoms with Gasteiger partial charge in [-0.1, -0.05) is 38.1 Å². The van der Waals surface area contributed by atoms with Crippen LogP contribution < -0.4 is 5.32 Å². The molecule has 1 fully saturated rings. The number of carbonyl (C=O) groups is 2. The van der Waals surface area contributed by atoms with Crippen LogP contribution in [0.15, 0.2) is 24.3 Å². The molecule has 1 amide bonds. The van der Waals surface area contributed by atoms with Gasteiger partial charge < -0.3 is 15.2 Å². The molecule has 0 saturated carbocycles. The number of amides is 1. The smallest absolute Gasteiger partial charge is 0.331 e. The first-order valence-corrected chi connectivity index (χ1v) is 7.64. The lowest BCUT2D eigenvalue weighted by molar-refractivity contribution is -0.147. The zero-order valence-corrected chi connectivity index (χ0v) is 13.1. The van der Waals surface area contributed by atoms with Gasteiger partial charge in [0.1, 0.15) is 0 Å². The Morgan fingerprint density at radius 3 is 2.50 bits per heavy atom. The number of nitrogens with one attached hydrogen (secondary N) is 1. The average Bonchev–Trinajstić information content (AvgIpc) is 2.95. The maximum absolute atomic E-state index is 12.0. The third-order valence-electron chi connectivity index (χ3n) is 4.10. The van der Waals surface area contributed by atoms with Crippen LogP contribution in [-0.2, 0) is 20.7 Å². The van der Waals surface area contributed by atoms with Gasteiger partial charge in [-0.2, -0.15) is 0 Å². The highest BCUT2D eigenvalue weighted by Gasteiger charge is 2.43. The van der Waals surface area contributed by atoms with E-state index in [0.29, 0.717) is 25.4 Å². The van der Waals surface area contributed by atoms with E-state index in [1.807, 2.05) is 12.1 Å². The number of carbonyl (C=O) groups excluding carboxylic acids is 1. The standard InChI is InChI=1S/C17H23NO4/c1-12(2)14-6-3-13(4-7-14)5-8-15(19)18-17(16(20)21)9-10-22-11-17/h3-4,6-7,12H,5,8-11H2,1-2H3,(H,18,19)(H,20,21). The topological polar surface area (TPSA) is 75.6 Å². The fourth-order valence-electron chi connectivity index (χ4n) is 2.54. The molecule has 1 aliphatic rings. The molecule has 0 radical (unpaired) electrons. The third kappa shape index (κ3) is 3.85. The summed E-state index contributed by atoms with van der Waals surface area (Å²) in [5, 5.41) is 11.9. The first-order valence-electron chi connectivity index (χ1n) is 7.64. The molecule has 5 heteroatoms. The van der Waals surface area contributed by atoms with Crippen molar-refractivity contribution >= 4 is 11.9 Å². The highest BCUT2D eigenvalue weighted by atomic mass is 16.5. The van der Waals surface area contributed by atoms with Crippen molar-refractivity contribution in [3.8, 4) is 0 Å². The second-order valence-corrected chi connectivity index (χ2v) is 6.13. The highest BCUT2D eigenvalue weighted by Crippen LogP contribution is 2.20. The minimum absolute atomic E-state index is 0.0388. The van der Waals surface area contributed by atoms with E-state index in [-0.39, 0.29) is 18.9 Å². The summed E-state index contributed by atoms with van der Waals surface area (Å²) in [7, 11) is 0. The predicted molar refractivity (Wildman–Crippen MR) is 82.8 cm³/mol. The minimum atomic E-state index is -1.25. The Kier molecular flexibility index (Phi) is 5.19. The summed E-state index contributed by atoms with van der Waals surface area (Å²) in [4.78, 5) is 23.4. The van der Waals surface area contributed by atoms with Crippen LogP contribution in [-0.4, -0.2) is 35.7 Å². The molecule has 1 unspecified atom stereocenters. The Labute approximate surface area is 130 Å². The Hall–Kier alpha value is -1.88. The van der Waals surface area contributed by atoms with E-state index < -0.39 is 11.5 Å². The van der Waals surface area contributed by atoms with Gasteiger partial charge in [0, 0.05) is 19.4 Å². The van der Waals surface area contributed by atoms with Gasteiger partial charge in [-0.05, 0) is 23.5 Å². The molecule has 1 atom stereocenters. The first kappa shape index (κ1) is 16.5. The lowest BCUT2D eigenvalue weighted by Crippen LogP contribution is -2.55. The van der Waals surface area contributed by atoms with Gasteiger partial charge in [0.2, 0.25) is 5.91 Å². The summed E-state index contributed by atoms with van der Waals surface area (Å²) >= 11 is 0. The lowest BCUT2D eigenvalue weighted by atomic mass is 9.98. The predicted octanol–water partition coefficient (Wildman–Crippen LogP) is 2.10. The molecule has 2 rings (SSSR count). The summed E-state index contributed by atoms with van der Waals surface area (Å²) in [6.45, 7) is 4.68. The normalized spacial score (nSPS) is 21.0. The van der Waals surface area contributed by atoms with E-state index >= 15 is 0 Å². The highest BCUT2D eigenvalue weighted by molar-refractivity contribution is 5.87. The van der Waals surface area contributed by atoms with Gasteiger partial charge in [-0.15, -0.1) is 0 Å². The van der Waals surface area contributed by atoms with Crippen LogP contribution in [0, 0.1) is 0 Å². The van der Waals surface area contributed by atoms with Crippen LogP contribution in [0.4, 0.5) is 0 Å². The van der Waals surface area contributed by atoms with Crippen molar-refractivity contribution in [3.63, 3.8) is 0 Å². The molecule has 0 bridgehead atoms. The Morgan fingerprint density at radius 1 is 1.32 bits per heavy atom. The van der Waals surface area contributed by atoms with Crippen molar-refractivity contribution in [3.05, 3.63) is 35.4 Å². The monoisotopic (exact) mass is 305 g/mol. The molecule has 120 valence electrons. The minimum Gasteiger partial charge on any atom is -0.479 e. The first-order chi connectivity index (χ1) is 10.4. The molecule has 1 aromatic rings. The maximum atomic E-state index is 12.0. The van der Waals surface area contributed by atoms with Crippen LogP contribution in [0.5, 0.6) is 0 Å². The maximum Gasteiger partial charge on any atom is 0.331 e. The molecular formula is C17H23NO4. The molecule has 0 spiro atoms. The van der Waals surface area contributed by atoms with Crippen molar-refractivity contribution in [1.29, 1.82) is 0 Å². The number of ether oxygens (including phenoxy) is 1. The number of rotatable bonds is 6. The fraction of sp³-hybridized carbons (Fsp3) is 0.529. The molecule has 5 nitrogen and oxygen atoms in total. The summed E-state index contributed by atoms with van der Waals surface area (Å²) in [6.07, 6.45) is 1.19. The zero-order chi connectivity index (χ0) is 16.2. The Bertz CT molecular complexity index is 530. The summed E-state index contributed by atoms with van der Waals surface area (Å²) in [5.41, 5.74) is 1.09. The summed E-state index contributed by atoms with van der Waals surface area (Å²) < 4.78 is 5.13. The largest absolute Gasteiger partial charge is 0.479 e. The molecule has 2 N–H and O–H groups in total. The van der Waals surface area contributed by atoms with E-state index in [0.717, 1.165) is 5.56 Å². The van der Waals surface area contributed by atoms with E-state index in [1.54, 1.807) is 0 Å². The third-order valence-corrected chi connectivity index (χ3v) is 4.10. The fourth-order valence-corrected chi connectivity index (χ4v) is 2.54. The van der Waals surface area contributed by atoms with Crippen LogP contribution in [0.2, 0.25) is 0 Å². The van der Waals surface area contributed by atoms with Crippen molar-refractivity contribution < 1.29 is 19.4 Å². The van der Waals surface area contributed by atoms with Gasteiger partial charge in [0.25, 0.3) is 0 Å². The molecular weight excluding hydrogens is 282 g/mol. The number of benzene rings is 1. The van der Waals surface area contributed by atoms with Crippen molar-refractivity contribution in [2.45, 2.75) is 44.6 Å². The Balaban J connectivity index is 1.88. The summed E-state index contributed by atoms with van der Waals surface area (Å²) in [5.74, 6) is -0.796. The van der Waals surface area contributed by atoms with Crippen molar-refractivity contribution in [2.75, 3.05) is 13.2 Å². The van der Waals surface area contributed by atoms with Crippen LogP contribution in [0.3, 0.4) is 0 Å². The van der Waals surface area contributed by atoms with Gasteiger partial charge in [-0.25, -0.2) is 4.79 Å². The average molecular weight is 305 g/mol. The molecule has 22 heavy (non-hydrogen) atoms. The number of aliphatic carboxylic acids is 1. The molecule has 1 aliphatic heterocycles. The molecule has 0 aliphatic carbocycles. The van der Waals surface area contributed by atoms with Crippen molar-refractivity contribution in [1.82, 2.24) is 5.32 Å². The van der Waals surface area contributed by atoms with Gasteiger partial charge in [0.05, 0.1) is 6.61 Å². The second-order valence-electron chi connectivity index (χ2n) is 6.13. The van der Waals surface area contributed by atoms with Crippen LogP contribution >= 0.6 is 0 Å².